The third-order valence-electron chi connectivity index (χ3n) is 4.66. The molecule has 0 aliphatic heterocycles. The zero-order valence-corrected chi connectivity index (χ0v) is 16.1. The van der Waals surface area contributed by atoms with Crippen molar-refractivity contribution in [3.8, 4) is 0 Å². The summed E-state index contributed by atoms with van der Waals surface area (Å²) in [5, 5.41) is 3.67. The van der Waals surface area contributed by atoms with E-state index in [4.69, 9.17) is 0 Å². The lowest BCUT2D eigenvalue weighted by molar-refractivity contribution is 0.102. The van der Waals surface area contributed by atoms with Crippen LogP contribution in [0.1, 0.15) is 27.3 Å². The van der Waals surface area contributed by atoms with Crippen LogP contribution in [0.15, 0.2) is 66.0 Å². The second-order valence-electron chi connectivity index (χ2n) is 6.79. The molecule has 0 unspecified atom stereocenters. The highest BCUT2D eigenvalue weighted by atomic mass is 16.2. The zero-order chi connectivity index (χ0) is 20.4. The molecule has 1 aromatic carbocycles. The first kappa shape index (κ1) is 18.5. The van der Waals surface area contributed by atoms with Crippen LogP contribution in [0.25, 0.3) is 10.9 Å². The molecule has 4 aromatic rings. The van der Waals surface area contributed by atoms with Gasteiger partial charge in [0.25, 0.3) is 11.5 Å². The van der Waals surface area contributed by atoms with Gasteiger partial charge in [-0.25, -0.2) is 0 Å². The van der Waals surface area contributed by atoms with Crippen molar-refractivity contribution < 1.29 is 4.79 Å². The Bertz CT molecular complexity index is 1260. The number of fused-ring (bicyclic) bond motifs is 1. The van der Waals surface area contributed by atoms with Crippen molar-refractivity contribution in [2.24, 2.45) is 0 Å². The molecule has 0 fully saturated rings. The first-order valence-corrected chi connectivity index (χ1v) is 9.15. The first-order chi connectivity index (χ1) is 14.0. The summed E-state index contributed by atoms with van der Waals surface area (Å²) in [7, 11) is 0. The van der Waals surface area contributed by atoms with Crippen LogP contribution >= 0.6 is 0 Å². The highest BCUT2D eigenvalue weighted by molar-refractivity contribution is 6.09. The van der Waals surface area contributed by atoms with E-state index in [9.17, 15) is 9.59 Å². The van der Waals surface area contributed by atoms with E-state index in [0.29, 0.717) is 16.9 Å². The minimum absolute atomic E-state index is 0.105. The van der Waals surface area contributed by atoms with E-state index >= 15 is 0 Å². The third-order valence-corrected chi connectivity index (χ3v) is 4.66. The number of hydrogen-bond donors (Lipinski definition) is 1. The maximum absolute atomic E-state index is 13.0. The molecule has 0 spiro atoms. The Morgan fingerprint density at radius 3 is 2.69 bits per heavy atom. The average molecular weight is 385 g/mol. The van der Waals surface area contributed by atoms with E-state index in [2.05, 4.69) is 20.3 Å². The maximum atomic E-state index is 13.0. The Morgan fingerprint density at radius 1 is 1.03 bits per heavy atom. The summed E-state index contributed by atoms with van der Waals surface area (Å²) in [6.45, 7) is 3.84. The molecule has 0 radical (unpaired) electrons. The Morgan fingerprint density at radius 2 is 1.90 bits per heavy atom. The van der Waals surface area contributed by atoms with Gasteiger partial charge in [-0.1, -0.05) is 6.07 Å². The van der Waals surface area contributed by atoms with E-state index in [1.807, 2.05) is 25.1 Å². The predicted molar refractivity (Wildman–Crippen MR) is 111 cm³/mol. The number of aromatic nitrogens is 4. The fraction of sp³-hybridized carbons (Fsp3) is 0.136. The van der Waals surface area contributed by atoms with Crippen molar-refractivity contribution in [1.29, 1.82) is 0 Å². The molecule has 29 heavy (non-hydrogen) atoms. The first-order valence-electron chi connectivity index (χ1n) is 9.15. The Hall–Kier alpha value is -3.87. The van der Waals surface area contributed by atoms with E-state index in [1.54, 1.807) is 49.9 Å². The summed E-state index contributed by atoms with van der Waals surface area (Å²) < 4.78 is 1.46. The molecule has 1 N–H and O–H groups in total. The van der Waals surface area contributed by atoms with Gasteiger partial charge in [0.1, 0.15) is 5.56 Å². The van der Waals surface area contributed by atoms with Gasteiger partial charge in [-0.05, 0) is 49.7 Å². The maximum Gasteiger partial charge on any atom is 0.264 e. The van der Waals surface area contributed by atoms with Crippen molar-refractivity contribution in [3.63, 3.8) is 0 Å². The predicted octanol–water partition coefficient (Wildman–Crippen LogP) is 3.10. The van der Waals surface area contributed by atoms with Crippen LogP contribution in [-0.2, 0) is 6.54 Å². The van der Waals surface area contributed by atoms with Gasteiger partial charge in [-0.15, -0.1) is 0 Å². The molecule has 3 heterocycles. The van der Waals surface area contributed by atoms with Crippen LogP contribution in [0.4, 0.5) is 5.69 Å². The molecule has 0 bridgehead atoms. The number of rotatable bonds is 4. The summed E-state index contributed by atoms with van der Waals surface area (Å²) in [6, 6.07) is 10.9. The quantitative estimate of drug-likeness (QED) is 0.583. The van der Waals surface area contributed by atoms with Crippen LogP contribution in [0, 0.1) is 13.8 Å². The van der Waals surface area contributed by atoms with Gasteiger partial charge >= 0.3 is 0 Å². The number of anilines is 1. The molecule has 0 atom stereocenters. The fourth-order valence-corrected chi connectivity index (χ4v) is 3.14. The molecule has 0 saturated carbocycles. The van der Waals surface area contributed by atoms with E-state index in [0.717, 1.165) is 16.6 Å². The Labute approximate surface area is 167 Å². The highest BCUT2D eigenvalue weighted by Gasteiger charge is 2.17. The van der Waals surface area contributed by atoms with Crippen LogP contribution in [-0.4, -0.2) is 25.4 Å². The molecule has 7 heteroatoms. The molecule has 7 nitrogen and oxygen atoms in total. The lowest BCUT2D eigenvalue weighted by atomic mass is 10.1. The number of hydrogen-bond acceptors (Lipinski definition) is 5. The van der Waals surface area contributed by atoms with E-state index in [-0.39, 0.29) is 17.7 Å². The fourth-order valence-electron chi connectivity index (χ4n) is 3.14. The Balaban J connectivity index is 1.67. The van der Waals surface area contributed by atoms with Gasteiger partial charge in [0.15, 0.2) is 0 Å². The lowest BCUT2D eigenvalue weighted by Crippen LogP contribution is -2.30. The topological polar surface area (TPSA) is 89.8 Å². The summed E-state index contributed by atoms with van der Waals surface area (Å²) in [4.78, 5) is 38.8. The highest BCUT2D eigenvalue weighted by Crippen LogP contribution is 2.22. The minimum Gasteiger partial charge on any atom is -0.321 e. The largest absolute Gasteiger partial charge is 0.321 e. The van der Waals surface area contributed by atoms with Gasteiger partial charge in [0.2, 0.25) is 0 Å². The second-order valence-corrected chi connectivity index (χ2v) is 6.79. The lowest BCUT2D eigenvalue weighted by Gasteiger charge is -2.12. The molecular formula is C22H19N5O2. The number of nitrogens with one attached hydrogen (secondary N) is 1. The van der Waals surface area contributed by atoms with Crippen molar-refractivity contribution in [2.75, 3.05) is 5.32 Å². The summed E-state index contributed by atoms with van der Waals surface area (Å²) in [6.07, 6.45) is 6.64. The van der Waals surface area contributed by atoms with Gasteiger partial charge in [-0.3, -0.25) is 24.5 Å². The molecular weight excluding hydrogens is 366 g/mol. The van der Waals surface area contributed by atoms with Crippen molar-refractivity contribution >= 4 is 22.5 Å². The summed E-state index contributed by atoms with van der Waals surface area (Å²) in [5.74, 6) is -0.451. The number of carbonyl (C=O) groups excluding carboxylic acids is 1. The van der Waals surface area contributed by atoms with Crippen molar-refractivity contribution in [1.82, 2.24) is 19.5 Å². The summed E-state index contributed by atoms with van der Waals surface area (Å²) in [5.41, 5.74) is 3.17. The van der Waals surface area contributed by atoms with E-state index in [1.165, 1.54) is 4.57 Å². The van der Waals surface area contributed by atoms with Crippen LogP contribution in [0.5, 0.6) is 0 Å². The summed E-state index contributed by atoms with van der Waals surface area (Å²) >= 11 is 0. The monoisotopic (exact) mass is 385 g/mol. The van der Waals surface area contributed by atoms with Gasteiger partial charge in [0.05, 0.1) is 35.3 Å². The minimum atomic E-state index is -0.451. The third kappa shape index (κ3) is 3.75. The van der Waals surface area contributed by atoms with Crippen molar-refractivity contribution in [2.45, 2.75) is 20.4 Å². The molecule has 0 aliphatic carbocycles. The number of carbonyl (C=O) groups is 1. The van der Waals surface area contributed by atoms with Gasteiger partial charge < -0.3 is 9.88 Å². The molecule has 144 valence electrons. The molecule has 0 saturated heterocycles. The zero-order valence-electron chi connectivity index (χ0n) is 16.1. The van der Waals surface area contributed by atoms with Crippen LogP contribution in [0.3, 0.4) is 0 Å². The van der Waals surface area contributed by atoms with E-state index < -0.39 is 5.91 Å². The standard InChI is InChI=1S/C22H19N5O2/c1-14-8-10-27(13-16-12-24-15(2)11-25-16)22(29)20(14)21(28)26-19-7-3-6-18-17(19)5-4-9-23-18/h3-12H,13H2,1-2H3,(H,26,28). The van der Waals surface area contributed by atoms with Crippen LogP contribution in [0.2, 0.25) is 0 Å². The van der Waals surface area contributed by atoms with Crippen molar-refractivity contribution in [3.05, 3.63) is 94.1 Å². The number of benzene rings is 1. The number of aryl methyl sites for hydroxylation is 2. The molecule has 4 rings (SSSR count). The molecule has 0 aliphatic rings. The van der Waals surface area contributed by atoms with Gasteiger partial charge in [0, 0.05) is 24.0 Å². The molecule has 3 aromatic heterocycles. The smallest absolute Gasteiger partial charge is 0.264 e. The number of pyridine rings is 2. The van der Waals surface area contributed by atoms with Gasteiger partial charge in [-0.2, -0.15) is 0 Å². The average Bonchev–Trinajstić information content (AvgIpc) is 2.72. The normalized spacial score (nSPS) is 10.8. The number of amides is 1. The number of nitrogens with zero attached hydrogens (tertiary/aromatic N) is 4. The van der Waals surface area contributed by atoms with Crippen LogP contribution < -0.4 is 10.9 Å². The molecule has 1 amide bonds. The Kier molecular flexibility index (Phi) is 4.87. The SMILES string of the molecule is Cc1cnc(Cn2ccc(C)c(C(=O)Nc3cccc4ncccc34)c2=O)cn1. The second kappa shape index (κ2) is 7.63.